The third-order valence-corrected chi connectivity index (χ3v) is 11.5. The molecule has 4 atom stereocenters. The molecule has 2 aliphatic heterocycles. The van der Waals surface area contributed by atoms with Crippen LogP contribution in [0.1, 0.15) is 25.7 Å². The first-order chi connectivity index (χ1) is 20.5. The molecular formula is C27H54N5O8S3+. The number of carbonyl (C=O) groups excluding carboxylic acids is 2. The number of urea groups is 1. The molecule has 2 amide bonds. The Hall–Kier alpha value is -0.530. The smallest absolute Gasteiger partial charge is 0.317 e. The number of unbranched alkanes of at least 4 members (excludes halogenated alkanes) is 1. The van der Waals surface area contributed by atoms with Gasteiger partial charge in [0.25, 0.3) is 0 Å². The second-order valence-corrected chi connectivity index (χ2v) is 15.1. The van der Waals surface area contributed by atoms with Crippen LogP contribution in [-0.4, -0.2) is 151 Å². The molecule has 16 heteroatoms. The Kier molecular flexibility index (Phi) is 18.5. The lowest BCUT2D eigenvalue weighted by molar-refractivity contribution is -0.888. The van der Waals surface area contributed by atoms with Crippen LogP contribution < -0.4 is 22.1 Å². The van der Waals surface area contributed by atoms with E-state index < -0.39 is 11.3 Å². The van der Waals surface area contributed by atoms with E-state index in [0.717, 1.165) is 41.9 Å². The summed E-state index contributed by atoms with van der Waals surface area (Å²) in [5.74, 6) is 2.29. The Balaban J connectivity index is 1.34. The van der Waals surface area contributed by atoms with E-state index in [-0.39, 0.29) is 30.0 Å². The molecule has 0 aliphatic carbocycles. The molecule has 4 unspecified atom stereocenters. The third-order valence-electron chi connectivity index (χ3n) is 7.39. The summed E-state index contributed by atoms with van der Waals surface area (Å²) in [6.45, 7) is 5.82. The molecule has 13 nitrogen and oxygen atoms in total. The highest BCUT2D eigenvalue weighted by atomic mass is 33.1. The Bertz CT molecular complexity index is 821. The minimum absolute atomic E-state index is 0.00737. The summed E-state index contributed by atoms with van der Waals surface area (Å²) in [6, 6.07) is -0.334. The molecule has 0 aromatic carbocycles. The SMILES string of the molecule is COCC(CSSCC[N+](C)(C)CCOCCOCCOCCOC(=O)CCCCC1SCC2(N)NC(=O)NC12N)OC. The Morgan fingerprint density at radius 2 is 1.67 bits per heavy atom. The van der Waals surface area contributed by atoms with Crippen LogP contribution in [0, 0.1) is 0 Å². The van der Waals surface area contributed by atoms with Crippen LogP contribution in [0.5, 0.6) is 0 Å². The van der Waals surface area contributed by atoms with Gasteiger partial charge in [0.05, 0.1) is 78.7 Å². The van der Waals surface area contributed by atoms with E-state index in [1.54, 1.807) is 26.0 Å². The standard InChI is InChI=1S/C27H53N5O8S3/c1-32(2,10-18-42-43-20-22(36-4)19-35-3)9-11-37-12-13-38-14-15-39-16-17-40-24(33)8-6-5-7-23-27(29)26(28,21-41-23)30-25(34)31-27/h22-23H,5-21,28-29H2,1-4H3,(H-,30,31,34)/p+1. The lowest BCUT2D eigenvalue weighted by Crippen LogP contribution is -2.72. The zero-order valence-corrected chi connectivity index (χ0v) is 28.7. The van der Waals surface area contributed by atoms with Gasteiger partial charge in [0.2, 0.25) is 0 Å². The molecule has 0 aromatic rings. The minimum Gasteiger partial charge on any atom is -0.463 e. The number of ether oxygens (including phenoxy) is 6. The topological polar surface area (TPSA) is 166 Å². The van der Waals surface area contributed by atoms with Gasteiger partial charge in [-0.3, -0.25) is 4.79 Å². The van der Waals surface area contributed by atoms with E-state index in [2.05, 4.69) is 24.7 Å². The van der Waals surface area contributed by atoms with Crippen LogP contribution in [0.25, 0.3) is 0 Å². The molecule has 43 heavy (non-hydrogen) atoms. The quantitative estimate of drug-likeness (QED) is 0.0338. The van der Waals surface area contributed by atoms with Crippen molar-refractivity contribution in [2.75, 3.05) is 112 Å². The Morgan fingerprint density at radius 1 is 1.00 bits per heavy atom. The number of amides is 2. The van der Waals surface area contributed by atoms with Crippen LogP contribution in [-0.2, 0) is 33.2 Å². The highest BCUT2D eigenvalue weighted by Crippen LogP contribution is 2.42. The predicted molar refractivity (Wildman–Crippen MR) is 173 cm³/mol. The summed E-state index contributed by atoms with van der Waals surface area (Å²) in [7, 11) is 11.5. The fraction of sp³-hybridized carbons (Fsp3) is 0.926. The van der Waals surface area contributed by atoms with Crippen molar-refractivity contribution >= 4 is 45.4 Å². The van der Waals surface area contributed by atoms with Crippen LogP contribution in [0.15, 0.2) is 0 Å². The molecule has 2 heterocycles. The summed E-state index contributed by atoms with van der Waals surface area (Å²) >= 11 is 1.64. The number of nitrogens with two attached hydrogens (primary N) is 2. The summed E-state index contributed by atoms with van der Waals surface area (Å²) in [4.78, 5) is 23.7. The van der Waals surface area contributed by atoms with Crippen molar-refractivity contribution in [2.45, 2.75) is 48.4 Å². The molecule has 2 fully saturated rings. The van der Waals surface area contributed by atoms with Crippen molar-refractivity contribution < 1.29 is 42.5 Å². The maximum atomic E-state index is 12.0. The number of esters is 1. The summed E-state index contributed by atoms with van der Waals surface area (Å²) in [6.07, 6.45) is 2.69. The number of rotatable bonds is 26. The summed E-state index contributed by atoms with van der Waals surface area (Å²) < 4.78 is 33.4. The number of carbonyl (C=O) groups is 2. The maximum Gasteiger partial charge on any atom is 0.317 e. The molecule has 6 N–H and O–H groups in total. The second kappa shape index (κ2) is 20.6. The monoisotopic (exact) mass is 672 g/mol. The largest absolute Gasteiger partial charge is 0.463 e. The van der Waals surface area contributed by atoms with Crippen molar-refractivity contribution in [3.63, 3.8) is 0 Å². The number of hydrogen-bond donors (Lipinski definition) is 4. The van der Waals surface area contributed by atoms with Gasteiger partial charge >= 0.3 is 12.0 Å². The van der Waals surface area contributed by atoms with Crippen molar-refractivity contribution in [1.82, 2.24) is 10.6 Å². The zero-order chi connectivity index (χ0) is 31.6. The van der Waals surface area contributed by atoms with Gasteiger partial charge in [0.1, 0.15) is 24.5 Å². The molecule has 0 saturated carbocycles. The van der Waals surface area contributed by atoms with E-state index in [1.165, 1.54) is 0 Å². The highest BCUT2D eigenvalue weighted by Gasteiger charge is 2.62. The van der Waals surface area contributed by atoms with Gasteiger partial charge in [-0.25, -0.2) is 4.79 Å². The van der Waals surface area contributed by atoms with E-state index in [4.69, 9.17) is 39.9 Å². The Morgan fingerprint density at radius 3 is 2.35 bits per heavy atom. The lowest BCUT2D eigenvalue weighted by Gasteiger charge is -2.35. The van der Waals surface area contributed by atoms with Gasteiger partial charge in [-0.1, -0.05) is 28.0 Å². The number of quaternary nitrogens is 1. The molecule has 0 bridgehead atoms. The van der Waals surface area contributed by atoms with E-state index in [1.807, 2.05) is 21.6 Å². The molecule has 0 spiro atoms. The molecule has 2 saturated heterocycles. The number of hydrogen-bond acceptors (Lipinski definition) is 13. The molecule has 252 valence electrons. The van der Waals surface area contributed by atoms with E-state index in [9.17, 15) is 9.59 Å². The van der Waals surface area contributed by atoms with Crippen molar-refractivity contribution in [2.24, 2.45) is 11.5 Å². The van der Waals surface area contributed by atoms with Crippen LogP contribution in [0.2, 0.25) is 0 Å². The molecule has 2 aliphatic rings. The predicted octanol–water partition coefficient (Wildman–Crippen LogP) is 0.997. The normalized spacial score (nSPS) is 24.0. The highest BCUT2D eigenvalue weighted by molar-refractivity contribution is 8.76. The van der Waals surface area contributed by atoms with Crippen LogP contribution in [0.3, 0.4) is 0 Å². The first-order valence-electron chi connectivity index (χ1n) is 14.8. The molecular weight excluding hydrogens is 619 g/mol. The second-order valence-electron chi connectivity index (χ2n) is 11.3. The molecule has 0 aromatic heterocycles. The van der Waals surface area contributed by atoms with Crippen LogP contribution in [0.4, 0.5) is 4.79 Å². The van der Waals surface area contributed by atoms with Crippen LogP contribution >= 0.6 is 33.3 Å². The van der Waals surface area contributed by atoms with E-state index in [0.29, 0.717) is 64.8 Å². The first kappa shape index (κ1) is 38.7. The number of methoxy groups -OCH3 is 2. The van der Waals surface area contributed by atoms with Crippen molar-refractivity contribution in [3.8, 4) is 0 Å². The van der Waals surface area contributed by atoms with Crippen molar-refractivity contribution in [1.29, 1.82) is 0 Å². The summed E-state index contributed by atoms with van der Waals surface area (Å²) in [5, 5.41) is 5.48. The Labute approximate surface area is 269 Å². The fourth-order valence-electron chi connectivity index (χ4n) is 4.52. The molecule has 0 radical (unpaired) electrons. The van der Waals surface area contributed by atoms with Gasteiger partial charge in [0, 0.05) is 37.4 Å². The number of nitrogens with zero attached hydrogens (tertiary/aromatic N) is 1. The lowest BCUT2D eigenvalue weighted by atomic mass is 9.91. The number of likely N-dealkylation sites (N-methyl/N-ethyl adjacent to an activating group) is 1. The van der Waals surface area contributed by atoms with E-state index >= 15 is 0 Å². The average molecular weight is 673 g/mol. The number of nitrogens with one attached hydrogen (secondary N) is 2. The maximum absolute atomic E-state index is 12.0. The zero-order valence-electron chi connectivity index (χ0n) is 26.3. The average Bonchev–Trinajstić information content (AvgIpc) is 3.33. The van der Waals surface area contributed by atoms with Gasteiger partial charge in [-0.2, -0.15) is 11.8 Å². The third kappa shape index (κ3) is 14.2. The fourth-order valence-corrected chi connectivity index (χ4v) is 8.65. The number of thioether (sulfide) groups is 1. The minimum atomic E-state index is -0.974. The first-order valence-corrected chi connectivity index (χ1v) is 18.4. The van der Waals surface area contributed by atoms with Crippen molar-refractivity contribution in [3.05, 3.63) is 0 Å². The summed E-state index contributed by atoms with van der Waals surface area (Å²) in [5.41, 5.74) is 10.8. The van der Waals surface area contributed by atoms with Gasteiger partial charge < -0.3 is 55.0 Å². The number of fused-ring (bicyclic) bond motifs is 1. The van der Waals surface area contributed by atoms with Gasteiger partial charge in [0.15, 0.2) is 0 Å². The van der Waals surface area contributed by atoms with Gasteiger partial charge in [-0.15, -0.1) is 0 Å². The van der Waals surface area contributed by atoms with Gasteiger partial charge in [-0.05, 0) is 12.8 Å². The molecule has 2 rings (SSSR count).